The Morgan fingerprint density at radius 1 is 0.436 bits per heavy atom. The fraction of sp³-hybridized carbons (Fsp3) is 0. The fourth-order valence-electron chi connectivity index (χ4n) is 4.49. The van der Waals surface area contributed by atoms with E-state index >= 15 is 0 Å². The highest BCUT2D eigenvalue weighted by Gasteiger charge is 2.16. The molecule has 0 atom stereocenters. The largest absolute Gasteiger partial charge is 0.310 e. The lowest BCUT2D eigenvalue weighted by atomic mass is 9.97. The number of rotatable bonds is 5. The summed E-state index contributed by atoms with van der Waals surface area (Å²) in [5.41, 5.74) is -1.46. The first-order valence-electron chi connectivity index (χ1n) is 19.7. The Labute approximate surface area is 250 Å². The zero-order valence-electron chi connectivity index (χ0n) is 35.4. The molecule has 0 aliphatic rings. The van der Waals surface area contributed by atoms with Crippen molar-refractivity contribution in [1.29, 1.82) is 0 Å². The zero-order chi connectivity index (χ0) is 39.1. The van der Waals surface area contributed by atoms with E-state index in [1.807, 2.05) is 12.1 Å². The number of anilines is 3. The van der Waals surface area contributed by atoms with E-state index in [0.29, 0.717) is 16.5 Å². The van der Waals surface area contributed by atoms with E-state index in [9.17, 15) is 6.85 Å². The van der Waals surface area contributed by atoms with Crippen LogP contribution in [0.2, 0.25) is 0 Å². The number of hydrogen-bond acceptors (Lipinski definition) is 1. The van der Waals surface area contributed by atoms with Gasteiger partial charge in [-0.25, -0.2) is 0 Å². The van der Waals surface area contributed by atoms with Gasteiger partial charge in [-0.05, 0) is 68.6 Å². The Bertz CT molecular complexity index is 2690. The lowest BCUT2D eigenvalue weighted by molar-refractivity contribution is 1.30. The monoisotopic (exact) mass is 512 g/mol. The van der Waals surface area contributed by atoms with Crippen LogP contribution in [-0.4, -0.2) is 0 Å². The van der Waals surface area contributed by atoms with Crippen LogP contribution in [0, 0.1) is 0 Å². The summed E-state index contributed by atoms with van der Waals surface area (Å²) in [6.45, 7) is 0. The maximum atomic E-state index is 9.66. The predicted octanol–water partition coefficient (Wildman–Crippen LogP) is 10.8. The van der Waals surface area contributed by atoms with Gasteiger partial charge in [-0.1, -0.05) is 133 Å². The first-order chi connectivity index (χ1) is 25.6. The van der Waals surface area contributed by atoms with Crippen molar-refractivity contribution in [3.8, 4) is 22.3 Å². The van der Waals surface area contributed by atoms with Gasteiger partial charge in [-0.15, -0.1) is 0 Å². The van der Waals surface area contributed by atoms with Crippen molar-refractivity contribution < 1.29 is 20.6 Å². The van der Waals surface area contributed by atoms with Crippen LogP contribution in [0.4, 0.5) is 17.1 Å². The molecule has 0 N–H and O–H groups in total. The molecule has 0 saturated heterocycles. The quantitative estimate of drug-likeness (QED) is 0.222. The van der Waals surface area contributed by atoms with Crippen molar-refractivity contribution >= 4 is 38.6 Å². The Balaban J connectivity index is 1.74. The summed E-state index contributed by atoms with van der Waals surface area (Å²) in [6, 6.07) is 9.84. The van der Waals surface area contributed by atoms with E-state index in [1.165, 1.54) is 0 Å². The van der Waals surface area contributed by atoms with E-state index in [0.717, 1.165) is 10.3 Å². The average molecular weight is 513 g/mol. The Morgan fingerprint density at radius 2 is 1.18 bits per heavy atom. The number of nitrogens with zero attached hydrogens (tertiary/aromatic N) is 1. The third kappa shape index (κ3) is 4.35. The van der Waals surface area contributed by atoms with Gasteiger partial charge in [-0.2, -0.15) is 0 Å². The minimum atomic E-state index is -0.839. The number of benzene rings is 7. The summed E-state index contributed by atoms with van der Waals surface area (Å²) in [4.78, 5) is 0.801. The van der Waals surface area contributed by atoms with Crippen LogP contribution >= 0.6 is 0 Å². The third-order valence-corrected chi connectivity index (χ3v) is 6.31. The Hall–Kier alpha value is -5.14. The fourth-order valence-corrected chi connectivity index (χ4v) is 4.49. The molecule has 0 saturated carbocycles. The van der Waals surface area contributed by atoms with Gasteiger partial charge in [0.1, 0.15) is 0 Å². The van der Waals surface area contributed by atoms with Crippen LogP contribution in [0.1, 0.15) is 20.6 Å². The van der Waals surface area contributed by atoms with E-state index in [4.69, 9.17) is 13.7 Å². The number of hydrogen-bond donors (Lipinski definition) is 0. The predicted molar refractivity (Wildman–Crippen MR) is 167 cm³/mol. The van der Waals surface area contributed by atoms with Crippen molar-refractivity contribution in [2.45, 2.75) is 0 Å². The molecule has 0 fully saturated rings. The molecule has 7 aromatic rings. The van der Waals surface area contributed by atoms with Crippen molar-refractivity contribution in [1.82, 2.24) is 0 Å². The molecule has 7 rings (SSSR count). The highest BCUT2D eigenvalue weighted by atomic mass is 15.1. The molecule has 0 amide bonds. The first-order valence-corrected chi connectivity index (χ1v) is 12.2. The van der Waals surface area contributed by atoms with E-state index in [1.54, 1.807) is 60.7 Å². The van der Waals surface area contributed by atoms with Gasteiger partial charge >= 0.3 is 0 Å². The van der Waals surface area contributed by atoms with Gasteiger partial charge in [0.25, 0.3) is 0 Å². The standard InChI is InChI=1S/C38H27N/c1-2-11-28(12-3-1)29-23-25-33(26-24-29)39(38-22-10-16-31-14-5-7-20-37(31)38)34-18-8-17-32(27-34)36-21-9-15-30-13-4-6-19-35(30)36/h1-27H/i5D,7D,8D,10D,14D,16D,17D,18D,20D,22D,23D,24D,25D,26D,27D. The maximum Gasteiger partial charge on any atom is 0.0651 e. The van der Waals surface area contributed by atoms with Crippen LogP contribution in [0.3, 0.4) is 0 Å². The Morgan fingerprint density at radius 3 is 2.08 bits per heavy atom. The molecule has 184 valence electrons. The highest BCUT2D eigenvalue weighted by molar-refractivity contribution is 6.00. The summed E-state index contributed by atoms with van der Waals surface area (Å²) in [6.07, 6.45) is 0. The molecule has 0 aliphatic carbocycles. The molecule has 0 spiro atoms. The van der Waals surface area contributed by atoms with Crippen LogP contribution < -0.4 is 4.90 Å². The molecule has 0 aliphatic heterocycles. The second-order valence-corrected chi connectivity index (χ2v) is 8.65. The molecule has 0 heterocycles. The molecule has 0 aromatic heterocycles. The summed E-state index contributed by atoms with van der Waals surface area (Å²) >= 11 is 0. The Kier molecular flexibility index (Phi) is 3.10. The minimum Gasteiger partial charge on any atom is -0.310 e. The van der Waals surface area contributed by atoms with Crippen LogP contribution in [0.5, 0.6) is 0 Å². The second kappa shape index (κ2) is 9.96. The summed E-state index contributed by atoms with van der Waals surface area (Å²) in [5.74, 6) is 0. The summed E-state index contributed by atoms with van der Waals surface area (Å²) < 4.78 is 135. The molecule has 0 radical (unpaired) electrons. The second-order valence-electron chi connectivity index (χ2n) is 8.65. The van der Waals surface area contributed by atoms with Gasteiger partial charge in [-0.3, -0.25) is 0 Å². The molecule has 7 aromatic carbocycles. The normalized spacial score (nSPS) is 16.5. The van der Waals surface area contributed by atoms with E-state index in [-0.39, 0.29) is 11.1 Å². The molecule has 39 heavy (non-hydrogen) atoms. The van der Waals surface area contributed by atoms with Crippen LogP contribution in [0.25, 0.3) is 43.8 Å². The first kappa shape index (κ1) is 12.1. The van der Waals surface area contributed by atoms with Gasteiger partial charge in [0.2, 0.25) is 0 Å². The minimum absolute atomic E-state index is 0.0915. The van der Waals surface area contributed by atoms with E-state index in [2.05, 4.69) is 0 Å². The third-order valence-electron chi connectivity index (χ3n) is 6.31. The van der Waals surface area contributed by atoms with Crippen LogP contribution in [0.15, 0.2) is 163 Å². The van der Waals surface area contributed by atoms with Gasteiger partial charge < -0.3 is 4.90 Å². The van der Waals surface area contributed by atoms with E-state index < -0.39 is 118 Å². The van der Waals surface area contributed by atoms with Gasteiger partial charge in [0.15, 0.2) is 0 Å². The average Bonchev–Trinajstić information content (AvgIpc) is 3.17. The lowest BCUT2D eigenvalue weighted by Gasteiger charge is -2.27. The summed E-state index contributed by atoms with van der Waals surface area (Å²) in [5, 5.41) is 0.308. The number of fused-ring (bicyclic) bond motifs is 2. The molecule has 0 unspecified atom stereocenters. The topological polar surface area (TPSA) is 3.24 Å². The zero-order valence-corrected chi connectivity index (χ0v) is 20.4. The van der Waals surface area contributed by atoms with Crippen LogP contribution in [-0.2, 0) is 0 Å². The van der Waals surface area contributed by atoms with Gasteiger partial charge in [0.05, 0.1) is 26.2 Å². The van der Waals surface area contributed by atoms with Crippen molar-refractivity contribution in [3.63, 3.8) is 0 Å². The van der Waals surface area contributed by atoms with Crippen molar-refractivity contribution in [2.75, 3.05) is 4.90 Å². The summed E-state index contributed by atoms with van der Waals surface area (Å²) in [7, 11) is 0. The highest BCUT2D eigenvalue weighted by Crippen LogP contribution is 2.41. The maximum absolute atomic E-state index is 9.66. The smallest absolute Gasteiger partial charge is 0.0651 e. The molecular formula is C38H27N. The van der Waals surface area contributed by atoms with Crippen molar-refractivity contribution in [3.05, 3.63) is 163 Å². The SMILES string of the molecule is [2H]c1c([2H])c(-c2cccc3ccccc23)c([2H])c(N(c2c([2H])c([2H])c(-c3ccccc3)c([2H])c2[2H])c2c([2H])c([2H])c([2H])c3c([2H])c([2H])c([2H])c([2H])c23)c1[2H]. The molecule has 1 nitrogen and oxygen atoms in total. The molecule has 1 heteroatoms. The molecule has 0 bridgehead atoms. The van der Waals surface area contributed by atoms with Crippen molar-refractivity contribution in [2.24, 2.45) is 0 Å². The molecular weight excluding hydrogens is 470 g/mol. The van der Waals surface area contributed by atoms with Gasteiger partial charge in [0, 0.05) is 16.8 Å². The lowest BCUT2D eigenvalue weighted by Crippen LogP contribution is -2.10.